The molecule has 1 saturated carbocycles. The van der Waals surface area contributed by atoms with E-state index in [1.54, 1.807) is 4.88 Å². The molecule has 1 unspecified atom stereocenters. The molecule has 4 heteroatoms. The van der Waals surface area contributed by atoms with Gasteiger partial charge >= 0.3 is 0 Å². The maximum Gasteiger partial charge on any atom is 0.0608 e. The Bertz CT molecular complexity index is 1070. The lowest BCUT2D eigenvalue weighted by molar-refractivity contribution is 0.605. The number of nitrogens with one attached hydrogen (secondary N) is 2. The predicted octanol–water partition coefficient (Wildman–Crippen LogP) is 4.67. The second kappa shape index (κ2) is 5.29. The molecule has 3 aromatic rings. The summed E-state index contributed by atoms with van der Waals surface area (Å²) in [6, 6.07) is 19.5. The van der Waals surface area contributed by atoms with Gasteiger partial charge in [0, 0.05) is 27.6 Å². The highest BCUT2D eigenvalue weighted by atomic mass is 32.1. The van der Waals surface area contributed by atoms with Crippen molar-refractivity contribution in [2.75, 3.05) is 5.43 Å². The number of rotatable bonds is 2. The maximum atomic E-state index is 4.64. The van der Waals surface area contributed by atoms with Crippen LogP contribution in [0.25, 0.3) is 10.1 Å². The number of para-hydroxylation sites is 1. The second-order valence-electron chi connectivity index (χ2n) is 7.42. The highest BCUT2D eigenvalue weighted by molar-refractivity contribution is 7.19. The summed E-state index contributed by atoms with van der Waals surface area (Å²) >= 11 is 1.99. The van der Waals surface area contributed by atoms with Crippen molar-refractivity contribution in [3.05, 3.63) is 77.2 Å². The van der Waals surface area contributed by atoms with E-state index < -0.39 is 0 Å². The Morgan fingerprint density at radius 1 is 1.08 bits per heavy atom. The molecule has 3 nitrogen and oxygen atoms in total. The largest absolute Gasteiger partial charge is 0.308 e. The van der Waals surface area contributed by atoms with Crippen LogP contribution in [0.3, 0.4) is 0 Å². The lowest BCUT2D eigenvalue weighted by atomic mass is 9.89. The predicted molar refractivity (Wildman–Crippen MR) is 109 cm³/mol. The zero-order chi connectivity index (χ0) is 17.1. The molecule has 0 radical (unpaired) electrons. The lowest BCUT2D eigenvalue weighted by Gasteiger charge is -2.22. The average molecular weight is 357 g/mol. The molecule has 1 aliphatic heterocycles. The summed E-state index contributed by atoms with van der Waals surface area (Å²) in [5.74, 6) is 0.623. The van der Waals surface area contributed by atoms with Crippen molar-refractivity contribution in [3.63, 3.8) is 0 Å². The number of allylic oxidation sites excluding steroid dienone is 1. The quantitative estimate of drug-likeness (QED) is 0.654. The summed E-state index contributed by atoms with van der Waals surface area (Å²) in [5.41, 5.74) is 7.08. The number of fused-ring (bicyclic) bond motifs is 4. The van der Waals surface area contributed by atoms with Crippen molar-refractivity contribution in [1.82, 2.24) is 5.32 Å². The molecule has 3 aliphatic rings. The van der Waals surface area contributed by atoms with E-state index in [2.05, 4.69) is 52.3 Å². The zero-order valence-corrected chi connectivity index (χ0v) is 15.1. The zero-order valence-electron chi connectivity index (χ0n) is 14.3. The molecule has 3 atom stereocenters. The minimum atomic E-state index is 0.197. The van der Waals surface area contributed by atoms with Gasteiger partial charge < -0.3 is 5.32 Å². The van der Waals surface area contributed by atoms with Crippen molar-refractivity contribution in [1.29, 1.82) is 0 Å². The van der Waals surface area contributed by atoms with Crippen molar-refractivity contribution in [2.45, 2.75) is 24.4 Å². The molecule has 1 spiro atoms. The van der Waals surface area contributed by atoms with Gasteiger partial charge in [-0.25, -0.2) is 0 Å². The van der Waals surface area contributed by atoms with E-state index in [0.717, 1.165) is 24.4 Å². The van der Waals surface area contributed by atoms with Gasteiger partial charge in [0.2, 0.25) is 0 Å². The van der Waals surface area contributed by atoms with E-state index >= 15 is 0 Å². The van der Waals surface area contributed by atoms with Crippen molar-refractivity contribution in [2.24, 2.45) is 11.0 Å². The van der Waals surface area contributed by atoms with Crippen LogP contribution in [-0.2, 0) is 12.0 Å². The molecule has 2 N–H and O–H groups in total. The van der Waals surface area contributed by atoms with E-state index in [4.69, 9.17) is 0 Å². The molecule has 1 fully saturated rings. The van der Waals surface area contributed by atoms with Crippen LogP contribution in [0.15, 0.2) is 71.9 Å². The smallest absolute Gasteiger partial charge is 0.0608 e. The molecule has 26 heavy (non-hydrogen) atoms. The van der Waals surface area contributed by atoms with E-state index in [1.165, 1.54) is 15.6 Å². The fourth-order valence-electron chi connectivity index (χ4n) is 4.79. The Morgan fingerprint density at radius 2 is 1.92 bits per heavy atom. The monoisotopic (exact) mass is 357 g/mol. The van der Waals surface area contributed by atoms with Gasteiger partial charge in [-0.2, -0.15) is 5.10 Å². The molecular weight excluding hydrogens is 338 g/mol. The molecular formula is C22H19N3S. The van der Waals surface area contributed by atoms with Gasteiger partial charge in [-0.1, -0.05) is 42.5 Å². The fourth-order valence-corrected chi connectivity index (χ4v) is 6.28. The highest BCUT2D eigenvalue weighted by Crippen LogP contribution is 2.64. The van der Waals surface area contributed by atoms with E-state index in [9.17, 15) is 0 Å². The van der Waals surface area contributed by atoms with Crippen LogP contribution >= 0.6 is 11.3 Å². The number of benzene rings is 2. The Balaban J connectivity index is 1.35. The summed E-state index contributed by atoms with van der Waals surface area (Å²) in [7, 11) is 0. The molecule has 2 aromatic carbocycles. The van der Waals surface area contributed by atoms with Crippen LogP contribution in [0.2, 0.25) is 0 Å². The van der Waals surface area contributed by atoms with Crippen LogP contribution in [-0.4, -0.2) is 11.8 Å². The van der Waals surface area contributed by atoms with Gasteiger partial charge in [0.15, 0.2) is 0 Å². The molecule has 1 aromatic heterocycles. The van der Waals surface area contributed by atoms with Crippen LogP contribution in [0.5, 0.6) is 0 Å². The van der Waals surface area contributed by atoms with Gasteiger partial charge in [-0.15, -0.1) is 11.3 Å². The Kier molecular flexibility index (Phi) is 2.99. The number of hydrogen-bond acceptors (Lipinski definition) is 4. The van der Waals surface area contributed by atoms with Gasteiger partial charge in [0.05, 0.1) is 11.4 Å². The normalized spacial score (nSPS) is 29.9. The summed E-state index contributed by atoms with van der Waals surface area (Å²) in [6.07, 6.45) is 5.67. The van der Waals surface area contributed by atoms with E-state index in [-0.39, 0.29) is 5.41 Å². The molecule has 6 rings (SSSR count). The Hall–Kier alpha value is -2.43. The third-order valence-corrected chi connectivity index (χ3v) is 7.47. The highest BCUT2D eigenvalue weighted by Gasteiger charge is 2.67. The van der Waals surface area contributed by atoms with Crippen LogP contribution < -0.4 is 10.7 Å². The van der Waals surface area contributed by atoms with Gasteiger partial charge in [0.1, 0.15) is 0 Å². The van der Waals surface area contributed by atoms with Crippen LogP contribution in [0.1, 0.15) is 16.9 Å². The first-order chi connectivity index (χ1) is 12.9. The number of nitrogens with zero attached hydrogens (tertiary/aromatic N) is 1. The fraction of sp³-hybridized carbons (Fsp3) is 0.227. The van der Waals surface area contributed by atoms with Gasteiger partial charge in [-0.05, 0) is 47.6 Å². The Labute approximate surface area is 156 Å². The molecule has 0 amide bonds. The van der Waals surface area contributed by atoms with Crippen LogP contribution in [0.4, 0.5) is 5.69 Å². The van der Waals surface area contributed by atoms with Crippen molar-refractivity contribution >= 4 is 32.8 Å². The third kappa shape index (κ3) is 1.94. The molecule has 0 bridgehead atoms. The molecule has 0 saturated heterocycles. The summed E-state index contributed by atoms with van der Waals surface area (Å²) in [4.78, 5) is 1.58. The molecule has 2 heterocycles. The van der Waals surface area contributed by atoms with Gasteiger partial charge in [-0.3, -0.25) is 5.43 Å². The topological polar surface area (TPSA) is 36.4 Å². The molecule has 128 valence electrons. The Morgan fingerprint density at radius 3 is 2.85 bits per heavy atom. The minimum Gasteiger partial charge on any atom is -0.308 e. The average Bonchev–Trinajstić information content (AvgIpc) is 3.21. The summed E-state index contributed by atoms with van der Waals surface area (Å²) < 4.78 is 1.42. The lowest BCUT2D eigenvalue weighted by Crippen LogP contribution is -2.29. The summed E-state index contributed by atoms with van der Waals surface area (Å²) in [5, 5.41) is 9.86. The summed E-state index contributed by atoms with van der Waals surface area (Å²) in [6.45, 7) is 0.991. The SMILES string of the molecule is C1=C[C@@]23c4sc5ccccc5c4CNC2[C@H]3C/C1=N/Nc1ccccc1. The number of hydrazone groups is 1. The van der Waals surface area contributed by atoms with Crippen molar-refractivity contribution < 1.29 is 0 Å². The second-order valence-corrected chi connectivity index (χ2v) is 8.47. The standard InChI is InChI=1S/C22H19N3S/c1-2-6-14(7-3-1)24-25-15-10-11-22-18(12-15)20(22)23-13-17-16-8-4-5-9-19(16)26-21(17)22/h1-11,18,20,23-24H,12-13H2/b25-15+/t18-,20?,22+/m1/s1. The van der Waals surface area contributed by atoms with Crippen molar-refractivity contribution in [3.8, 4) is 0 Å². The van der Waals surface area contributed by atoms with E-state index in [0.29, 0.717) is 12.0 Å². The maximum absolute atomic E-state index is 4.64. The third-order valence-electron chi connectivity index (χ3n) is 6.09. The first kappa shape index (κ1) is 14.7. The molecule has 2 aliphatic carbocycles. The first-order valence-electron chi connectivity index (χ1n) is 9.17. The van der Waals surface area contributed by atoms with E-state index in [1.807, 2.05) is 41.7 Å². The van der Waals surface area contributed by atoms with Gasteiger partial charge in [0.25, 0.3) is 0 Å². The number of hydrogen-bond donors (Lipinski definition) is 2. The minimum absolute atomic E-state index is 0.197. The first-order valence-corrected chi connectivity index (χ1v) is 9.99. The number of thiophene rings is 1. The van der Waals surface area contributed by atoms with Crippen LogP contribution in [0, 0.1) is 5.92 Å². The number of anilines is 1.